The summed E-state index contributed by atoms with van der Waals surface area (Å²) in [6, 6.07) is -0.364. The number of rotatable bonds is 7. The van der Waals surface area contributed by atoms with E-state index in [1.807, 2.05) is 0 Å². The van der Waals surface area contributed by atoms with E-state index >= 15 is 0 Å². The van der Waals surface area contributed by atoms with E-state index in [2.05, 4.69) is 0 Å². The maximum Gasteiger partial charge on any atom is 0.307 e. The first-order valence-corrected chi connectivity index (χ1v) is 5.41. The number of Topliss-reactive ketones (excluding diaryl/α,β-unsaturated/α-hetero) is 1. The molecule has 0 rings (SSSR count). The number of aliphatic hydroxyl groups excluding tert-OH is 1. The smallest absolute Gasteiger partial charge is 0.307 e. The van der Waals surface area contributed by atoms with E-state index in [4.69, 9.17) is 5.11 Å². The molecule has 94 valence electrons. The van der Waals surface area contributed by atoms with E-state index in [1.165, 1.54) is 6.92 Å². The number of carboxylic acids is 1. The van der Waals surface area contributed by atoms with Crippen molar-refractivity contribution < 1.29 is 19.8 Å². The van der Waals surface area contributed by atoms with E-state index in [1.54, 1.807) is 25.7 Å². The Hall–Kier alpha value is -0.940. The highest BCUT2D eigenvalue weighted by molar-refractivity contribution is 5.81. The SMILES string of the molecule is CC(=O)C(C)N(CC(C)O)CC(C)C(=O)O. The van der Waals surface area contributed by atoms with Crippen LogP contribution in [0.2, 0.25) is 0 Å². The number of aliphatic hydroxyl groups is 1. The van der Waals surface area contributed by atoms with E-state index in [-0.39, 0.29) is 18.4 Å². The summed E-state index contributed by atoms with van der Waals surface area (Å²) < 4.78 is 0. The zero-order valence-electron chi connectivity index (χ0n) is 10.3. The van der Waals surface area contributed by atoms with Crippen LogP contribution in [0.3, 0.4) is 0 Å². The fraction of sp³-hybridized carbons (Fsp3) is 0.818. The van der Waals surface area contributed by atoms with Gasteiger partial charge in [-0.15, -0.1) is 0 Å². The highest BCUT2D eigenvalue weighted by Gasteiger charge is 2.23. The van der Waals surface area contributed by atoms with Crippen LogP contribution in [0.25, 0.3) is 0 Å². The lowest BCUT2D eigenvalue weighted by atomic mass is 10.1. The number of carbonyl (C=O) groups excluding carboxylic acids is 1. The summed E-state index contributed by atoms with van der Waals surface area (Å²) in [7, 11) is 0. The predicted molar refractivity (Wildman–Crippen MR) is 60.2 cm³/mol. The first-order valence-electron chi connectivity index (χ1n) is 5.41. The van der Waals surface area contributed by atoms with Gasteiger partial charge in [0.05, 0.1) is 18.1 Å². The van der Waals surface area contributed by atoms with E-state index in [0.717, 1.165) is 0 Å². The second-order valence-corrected chi connectivity index (χ2v) is 4.33. The summed E-state index contributed by atoms with van der Waals surface area (Å²) in [5.74, 6) is -1.48. The van der Waals surface area contributed by atoms with Gasteiger partial charge in [0.1, 0.15) is 5.78 Å². The summed E-state index contributed by atoms with van der Waals surface area (Å²) in [5, 5.41) is 18.1. The minimum absolute atomic E-state index is 0.0294. The Balaban J connectivity index is 4.54. The molecule has 2 N–H and O–H groups in total. The van der Waals surface area contributed by atoms with E-state index in [9.17, 15) is 14.7 Å². The Morgan fingerprint density at radius 2 is 1.69 bits per heavy atom. The standard InChI is InChI=1S/C11H21NO4/c1-7(11(15)16)5-12(6-8(2)13)9(3)10(4)14/h7-9,13H,5-6H2,1-4H3,(H,15,16). The second kappa shape index (κ2) is 6.60. The molecule has 3 atom stereocenters. The average molecular weight is 231 g/mol. The van der Waals surface area contributed by atoms with Crippen LogP contribution in [0.1, 0.15) is 27.7 Å². The molecule has 0 heterocycles. The van der Waals surface area contributed by atoms with Crippen molar-refractivity contribution in [2.24, 2.45) is 5.92 Å². The van der Waals surface area contributed by atoms with Crippen LogP contribution in [0.15, 0.2) is 0 Å². The fourth-order valence-corrected chi connectivity index (χ4v) is 1.42. The van der Waals surface area contributed by atoms with Gasteiger partial charge in [0, 0.05) is 13.1 Å². The first-order chi connectivity index (χ1) is 7.25. The molecule has 0 amide bonds. The molecule has 0 aliphatic carbocycles. The molecule has 5 nitrogen and oxygen atoms in total. The lowest BCUT2D eigenvalue weighted by molar-refractivity contribution is -0.142. The van der Waals surface area contributed by atoms with Crippen molar-refractivity contribution in [3.63, 3.8) is 0 Å². The molecule has 0 aliphatic heterocycles. The Morgan fingerprint density at radius 1 is 1.19 bits per heavy atom. The Kier molecular flexibility index (Phi) is 6.21. The number of ketones is 1. The maximum absolute atomic E-state index is 11.2. The summed E-state index contributed by atoms with van der Waals surface area (Å²) in [6.07, 6.45) is -0.581. The lowest BCUT2D eigenvalue weighted by Crippen LogP contribution is -2.45. The van der Waals surface area contributed by atoms with Crippen LogP contribution in [-0.2, 0) is 9.59 Å². The number of nitrogens with zero attached hydrogens (tertiary/aromatic N) is 1. The second-order valence-electron chi connectivity index (χ2n) is 4.33. The van der Waals surface area contributed by atoms with E-state index < -0.39 is 18.0 Å². The van der Waals surface area contributed by atoms with Gasteiger partial charge in [-0.1, -0.05) is 6.92 Å². The summed E-state index contributed by atoms with van der Waals surface area (Å²) in [4.78, 5) is 23.7. The van der Waals surface area contributed by atoms with Gasteiger partial charge in [0.25, 0.3) is 0 Å². The molecule has 16 heavy (non-hydrogen) atoms. The van der Waals surface area contributed by atoms with Crippen LogP contribution in [0.5, 0.6) is 0 Å². The number of hydrogen-bond donors (Lipinski definition) is 2. The zero-order chi connectivity index (χ0) is 12.9. The van der Waals surface area contributed by atoms with Crippen molar-refractivity contribution in [2.45, 2.75) is 39.8 Å². The molecule has 0 saturated carbocycles. The zero-order valence-corrected chi connectivity index (χ0v) is 10.3. The lowest BCUT2D eigenvalue weighted by Gasteiger charge is -2.29. The average Bonchev–Trinajstić information content (AvgIpc) is 2.14. The van der Waals surface area contributed by atoms with Crippen molar-refractivity contribution in [2.75, 3.05) is 13.1 Å². The van der Waals surface area contributed by atoms with Crippen LogP contribution >= 0.6 is 0 Å². The molecule has 3 unspecified atom stereocenters. The van der Waals surface area contributed by atoms with Crippen molar-refractivity contribution in [1.29, 1.82) is 0 Å². The molecule has 0 spiro atoms. The third kappa shape index (κ3) is 5.23. The van der Waals surface area contributed by atoms with Gasteiger partial charge in [0.2, 0.25) is 0 Å². The van der Waals surface area contributed by atoms with Crippen LogP contribution in [0.4, 0.5) is 0 Å². The van der Waals surface area contributed by atoms with Crippen molar-refractivity contribution in [1.82, 2.24) is 4.90 Å². The number of carboxylic acid groups (broad SMARTS) is 1. The monoisotopic (exact) mass is 231 g/mol. The number of carbonyl (C=O) groups is 2. The van der Waals surface area contributed by atoms with Gasteiger partial charge in [-0.3, -0.25) is 14.5 Å². The Bertz CT molecular complexity index is 252. The maximum atomic E-state index is 11.2. The van der Waals surface area contributed by atoms with Gasteiger partial charge >= 0.3 is 5.97 Å². The van der Waals surface area contributed by atoms with Gasteiger partial charge in [0.15, 0.2) is 0 Å². The largest absolute Gasteiger partial charge is 0.481 e. The van der Waals surface area contributed by atoms with Crippen molar-refractivity contribution >= 4 is 11.8 Å². The van der Waals surface area contributed by atoms with Crippen molar-refractivity contribution in [3.05, 3.63) is 0 Å². The van der Waals surface area contributed by atoms with Gasteiger partial charge < -0.3 is 10.2 Å². The fourth-order valence-electron chi connectivity index (χ4n) is 1.42. The summed E-state index contributed by atoms with van der Waals surface area (Å²) in [6.45, 7) is 6.96. The molecular weight excluding hydrogens is 210 g/mol. The molecule has 0 aromatic rings. The molecule has 0 aliphatic rings. The molecule has 0 aromatic heterocycles. The minimum atomic E-state index is -0.897. The predicted octanol–water partition coefficient (Wildman–Crippen LogP) is 0.367. The normalized spacial score (nSPS) is 16.9. The van der Waals surface area contributed by atoms with Gasteiger partial charge in [-0.05, 0) is 20.8 Å². The van der Waals surface area contributed by atoms with Crippen LogP contribution in [0, 0.1) is 5.92 Å². The summed E-state index contributed by atoms with van der Waals surface area (Å²) >= 11 is 0. The van der Waals surface area contributed by atoms with E-state index in [0.29, 0.717) is 6.54 Å². The molecule has 0 saturated heterocycles. The Labute approximate surface area is 96.1 Å². The van der Waals surface area contributed by atoms with Crippen molar-refractivity contribution in [3.8, 4) is 0 Å². The van der Waals surface area contributed by atoms with Gasteiger partial charge in [-0.25, -0.2) is 0 Å². The van der Waals surface area contributed by atoms with Crippen LogP contribution in [-0.4, -0.2) is 52.1 Å². The number of hydrogen-bond acceptors (Lipinski definition) is 4. The topological polar surface area (TPSA) is 77.8 Å². The molecule has 0 bridgehead atoms. The third-order valence-corrected chi connectivity index (χ3v) is 2.56. The molecule has 0 fully saturated rings. The molecule has 5 heteroatoms. The van der Waals surface area contributed by atoms with Crippen LogP contribution < -0.4 is 0 Å². The Morgan fingerprint density at radius 3 is 2.00 bits per heavy atom. The first kappa shape index (κ1) is 15.1. The molecule has 0 radical (unpaired) electrons. The number of aliphatic carboxylic acids is 1. The highest BCUT2D eigenvalue weighted by atomic mass is 16.4. The van der Waals surface area contributed by atoms with Gasteiger partial charge in [-0.2, -0.15) is 0 Å². The molecular formula is C11H21NO4. The molecule has 0 aromatic carbocycles. The summed E-state index contributed by atoms with van der Waals surface area (Å²) in [5.41, 5.74) is 0. The third-order valence-electron chi connectivity index (χ3n) is 2.56. The minimum Gasteiger partial charge on any atom is -0.481 e. The highest BCUT2D eigenvalue weighted by Crippen LogP contribution is 2.07. The quantitative estimate of drug-likeness (QED) is 0.662.